The topological polar surface area (TPSA) is 92.6 Å². The van der Waals surface area contributed by atoms with E-state index in [-0.39, 0.29) is 18.6 Å². The van der Waals surface area contributed by atoms with Crippen molar-refractivity contribution >= 4 is 17.8 Å². The number of carbonyl (C=O) groups excluding carboxylic acids is 2. The summed E-state index contributed by atoms with van der Waals surface area (Å²) in [6, 6.07) is 13.3. The Balaban J connectivity index is 1.29. The highest BCUT2D eigenvalue weighted by atomic mass is 16.2. The predicted octanol–water partition coefficient (Wildman–Crippen LogP) is 2.21. The Morgan fingerprint density at radius 1 is 1.09 bits per heavy atom. The van der Waals surface area contributed by atoms with Gasteiger partial charge in [-0.2, -0.15) is 5.26 Å². The quantitative estimate of drug-likeness (QED) is 0.751. The first-order valence-corrected chi connectivity index (χ1v) is 11.2. The summed E-state index contributed by atoms with van der Waals surface area (Å²) in [4.78, 5) is 36.5. The number of benzene rings is 1. The number of carbonyl (C=O) groups is 2. The molecule has 0 bridgehead atoms. The Morgan fingerprint density at radius 3 is 2.72 bits per heavy atom. The van der Waals surface area contributed by atoms with Crippen LogP contribution in [0.5, 0.6) is 0 Å². The molecule has 5 rings (SSSR count). The summed E-state index contributed by atoms with van der Waals surface area (Å²) >= 11 is 0. The van der Waals surface area contributed by atoms with Crippen LogP contribution in [0.15, 0.2) is 42.6 Å². The van der Waals surface area contributed by atoms with E-state index in [0.717, 1.165) is 49.3 Å². The summed E-state index contributed by atoms with van der Waals surface area (Å²) in [6.07, 6.45) is 5.15. The molecule has 1 unspecified atom stereocenters. The second-order valence-electron chi connectivity index (χ2n) is 8.69. The summed E-state index contributed by atoms with van der Waals surface area (Å²) in [6.45, 7) is 3.14. The summed E-state index contributed by atoms with van der Waals surface area (Å²) in [5, 5.41) is 12.2. The molecular formula is C24H26N6O2. The molecule has 2 saturated heterocycles. The lowest BCUT2D eigenvalue weighted by molar-refractivity contribution is -0.133. The van der Waals surface area contributed by atoms with Crippen LogP contribution in [0.4, 0.5) is 10.6 Å². The fraction of sp³-hybridized carbons (Fsp3) is 0.417. The molecule has 8 heteroatoms. The smallest absolute Gasteiger partial charge is 0.326 e. The number of nitrogens with zero attached hydrogens (tertiary/aromatic N) is 5. The zero-order chi connectivity index (χ0) is 22.1. The van der Waals surface area contributed by atoms with Gasteiger partial charge in [0.05, 0.1) is 18.3 Å². The van der Waals surface area contributed by atoms with Gasteiger partial charge in [0.2, 0.25) is 0 Å². The largest absolute Gasteiger partial charge is 0.354 e. The number of urea groups is 1. The van der Waals surface area contributed by atoms with Gasteiger partial charge in [0.25, 0.3) is 5.91 Å². The zero-order valence-corrected chi connectivity index (χ0v) is 18.0. The number of aromatic nitrogens is 1. The van der Waals surface area contributed by atoms with Crippen LogP contribution in [0.1, 0.15) is 36.0 Å². The van der Waals surface area contributed by atoms with Gasteiger partial charge in [-0.15, -0.1) is 0 Å². The van der Waals surface area contributed by atoms with Crippen LogP contribution in [0.3, 0.4) is 0 Å². The first-order valence-electron chi connectivity index (χ1n) is 11.2. The summed E-state index contributed by atoms with van der Waals surface area (Å²) in [5.41, 5.74) is 1.76. The SMILES string of the molecule is N#Cc1ccnc(N2CCN(CN3C(=O)NC4(CCCCc5ccccc54)C3=O)CC2)c1. The minimum absolute atomic E-state index is 0.136. The van der Waals surface area contributed by atoms with Crippen LogP contribution in [-0.2, 0) is 16.8 Å². The number of aryl methyl sites for hydroxylation is 1. The van der Waals surface area contributed by atoms with Gasteiger partial charge in [0.1, 0.15) is 11.4 Å². The minimum atomic E-state index is -0.937. The van der Waals surface area contributed by atoms with E-state index in [1.807, 2.05) is 18.2 Å². The van der Waals surface area contributed by atoms with Crippen LogP contribution >= 0.6 is 0 Å². The van der Waals surface area contributed by atoms with Crippen molar-refractivity contribution in [3.05, 3.63) is 59.3 Å². The summed E-state index contributed by atoms with van der Waals surface area (Å²) < 4.78 is 0. The van der Waals surface area contributed by atoms with Crippen molar-refractivity contribution in [3.8, 4) is 6.07 Å². The molecule has 164 valence electrons. The Kier molecular flexibility index (Phi) is 5.27. The first-order chi connectivity index (χ1) is 15.6. The molecule has 3 aliphatic rings. The van der Waals surface area contributed by atoms with Gasteiger partial charge in [-0.25, -0.2) is 14.7 Å². The second kappa shape index (κ2) is 8.24. The standard InChI is InChI=1S/C24H26N6O2/c25-16-18-8-10-26-21(15-18)29-13-11-28(12-14-29)17-30-22(31)24(27-23(30)32)9-4-3-6-19-5-1-2-7-20(19)24/h1-2,5,7-8,10,15H,3-4,6,9,11-14,17H2,(H,27,32). The van der Waals surface area contributed by atoms with Crippen molar-refractivity contribution in [1.82, 2.24) is 20.1 Å². The average molecular weight is 431 g/mol. The number of imide groups is 1. The molecule has 32 heavy (non-hydrogen) atoms. The van der Waals surface area contributed by atoms with Crippen LogP contribution in [0, 0.1) is 11.3 Å². The lowest BCUT2D eigenvalue weighted by Gasteiger charge is -2.36. The molecule has 1 N–H and O–H groups in total. The van der Waals surface area contributed by atoms with E-state index in [0.29, 0.717) is 25.1 Å². The van der Waals surface area contributed by atoms with Gasteiger partial charge in [0.15, 0.2) is 0 Å². The van der Waals surface area contributed by atoms with Crippen molar-refractivity contribution in [2.75, 3.05) is 37.7 Å². The van der Waals surface area contributed by atoms with Crippen molar-refractivity contribution in [2.24, 2.45) is 0 Å². The molecule has 2 fully saturated rings. The van der Waals surface area contributed by atoms with Crippen molar-refractivity contribution < 1.29 is 9.59 Å². The van der Waals surface area contributed by atoms with Gasteiger partial charge in [-0.3, -0.25) is 9.69 Å². The number of rotatable bonds is 3. The fourth-order valence-electron chi connectivity index (χ4n) is 5.08. The number of piperazine rings is 1. The van der Waals surface area contributed by atoms with Gasteiger partial charge in [0, 0.05) is 32.4 Å². The molecule has 8 nitrogen and oxygen atoms in total. The molecule has 1 aromatic carbocycles. The molecule has 0 radical (unpaired) electrons. The van der Waals surface area contributed by atoms with Crippen LogP contribution < -0.4 is 10.2 Å². The van der Waals surface area contributed by atoms with E-state index in [9.17, 15) is 9.59 Å². The number of pyridine rings is 1. The minimum Gasteiger partial charge on any atom is -0.354 e. The second-order valence-corrected chi connectivity index (χ2v) is 8.69. The Labute approximate surface area is 187 Å². The number of nitriles is 1. The van der Waals surface area contributed by atoms with Crippen molar-refractivity contribution in [1.29, 1.82) is 5.26 Å². The highest BCUT2D eigenvalue weighted by Crippen LogP contribution is 2.39. The van der Waals surface area contributed by atoms with E-state index < -0.39 is 5.54 Å². The maximum absolute atomic E-state index is 13.6. The third-order valence-electron chi connectivity index (χ3n) is 6.81. The number of anilines is 1. The molecule has 1 aromatic heterocycles. The van der Waals surface area contributed by atoms with E-state index in [1.165, 1.54) is 4.90 Å². The molecule has 2 aliphatic heterocycles. The van der Waals surface area contributed by atoms with E-state index in [4.69, 9.17) is 5.26 Å². The average Bonchev–Trinajstić information content (AvgIpc) is 2.97. The molecule has 1 spiro atoms. The maximum atomic E-state index is 13.6. The van der Waals surface area contributed by atoms with E-state index in [1.54, 1.807) is 18.3 Å². The van der Waals surface area contributed by atoms with Gasteiger partial charge in [-0.1, -0.05) is 24.3 Å². The fourth-order valence-corrected chi connectivity index (χ4v) is 5.08. The maximum Gasteiger partial charge on any atom is 0.326 e. The number of nitrogens with one attached hydrogen (secondary N) is 1. The van der Waals surface area contributed by atoms with E-state index >= 15 is 0 Å². The van der Waals surface area contributed by atoms with Crippen LogP contribution in [-0.4, -0.2) is 59.6 Å². The molecule has 2 aromatic rings. The van der Waals surface area contributed by atoms with Crippen molar-refractivity contribution in [2.45, 2.75) is 31.2 Å². The van der Waals surface area contributed by atoms with Gasteiger partial charge < -0.3 is 10.2 Å². The van der Waals surface area contributed by atoms with Crippen LogP contribution in [0.25, 0.3) is 0 Å². The monoisotopic (exact) mass is 430 g/mol. The number of fused-ring (bicyclic) bond motifs is 2. The van der Waals surface area contributed by atoms with Crippen molar-refractivity contribution in [3.63, 3.8) is 0 Å². The lowest BCUT2D eigenvalue weighted by atomic mass is 9.84. The zero-order valence-electron chi connectivity index (χ0n) is 18.0. The molecule has 3 amide bonds. The third-order valence-corrected chi connectivity index (χ3v) is 6.81. The lowest BCUT2D eigenvalue weighted by Crippen LogP contribution is -2.52. The summed E-state index contributed by atoms with van der Waals surface area (Å²) in [5.74, 6) is 0.648. The molecule has 1 atom stereocenters. The molecule has 0 saturated carbocycles. The summed E-state index contributed by atoms with van der Waals surface area (Å²) in [7, 11) is 0. The third kappa shape index (κ3) is 3.49. The Hall–Kier alpha value is -3.44. The normalized spacial score (nSPS) is 23.6. The van der Waals surface area contributed by atoms with E-state index in [2.05, 4.69) is 32.2 Å². The van der Waals surface area contributed by atoms with Gasteiger partial charge >= 0.3 is 6.03 Å². The van der Waals surface area contributed by atoms with Gasteiger partial charge in [-0.05, 0) is 48.9 Å². The highest BCUT2D eigenvalue weighted by molar-refractivity contribution is 6.07. The highest BCUT2D eigenvalue weighted by Gasteiger charge is 2.53. The number of amides is 3. The number of hydrogen-bond donors (Lipinski definition) is 1. The Bertz CT molecular complexity index is 1090. The molecule has 3 heterocycles. The predicted molar refractivity (Wildman–Crippen MR) is 119 cm³/mol. The molecular weight excluding hydrogens is 404 g/mol. The van der Waals surface area contributed by atoms with Crippen LogP contribution in [0.2, 0.25) is 0 Å². The Morgan fingerprint density at radius 2 is 1.91 bits per heavy atom. The first kappa shape index (κ1) is 20.5. The molecule has 1 aliphatic carbocycles. The number of hydrogen-bond acceptors (Lipinski definition) is 6.